The van der Waals surface area contributed by atoms with Crippen molar-refractivity contribution in [3.05, 3.63) is 16.8 Å². The second-order valence-electron chi connectivity index (χ2n) is 4.96. The van der Waals surface area contributed by atoms with Crippen molar-refractivity contribution < 1.29 is 4.79 Å². The van der Waals surface area contributed by atoms with Crippen molar-refractivity contribution in [3.63, 3.8) is 0 Å². The lowest BCUT2D eigenvalue weighted by atomic mass is 9.99. The zero-order valence-electron chi connectivity index (χ0n) is 11.1. The Labute approximate surface area is 120 Å². The van der Waals surface area contributed by atoms with Gasteiger partial charge >= 0.3 is 0 Å². The van der Waals surface area contributed by atoms with Crippen LogP contribution in [0.5, 0.6) is 0 Å². The number of thiophene rings is 1. The van der Waals surface area contributed by atoms with Crippen molar-refractivity contribution in [2.45, 2.75) is 49.8 Å². The van der Waals surface area contributed by atoms with Crippen molar-refractivity contribution in [2.24, 2.45) is 0 Å². The molecule has 0 aromatic carbocycles. The SMILES string of the molecule is Cc1sc2ncnc(SC3CCCCC3=O)c2c1C. The summed E-state index contributed by atoms with van der Waals surface area (Å²) in [6, 6.07) is 0. The molecule has 1 saturated carbocycles. The molecule has 1 fully saturated rings. The summed E-state index contributed by atoms with van der Waals surface area (Å²) >= 11 is 3.34. The minimum atomic E-state index is 0.0893. The summed E-state index contributed by atoms with van der Waals surface area (Å²) in [6.45, 7) is 4.23. The molecule has 2 heterocycles. The van der Waals surface area contributed by atoms with Gasteiger partial charge in [-0.25, -0.2) is 9.97 Å². The lowest BCUT2D eigenvalue weighted by Gasteiger charge is -2.19. The van der Waals surface area contributed by atoms with Crippen LogP contribution in [0.15, 0.2) is 11.4 Å². The average Bonchev–Trinajstić information content (AvgIpc) is 2.69. The van der Waals surface area contributed by atoms with Crippen LogP contribution in [-0.2, 0) is 4.79 Å². The molecule has 2 aromatic rings. The third kappa shape index (κ3) is 2.41. The minimum absolute atomic E-state index is 0.0893. The Morgan fingerprint density at radius 1 is 1.32 bits per heavy atom. The molecule has 1 aliphatic carbocycles. The summed E-state index contributed by atoms with van der Waals surface area (Å²) in [5.74, 6) is 0.382. The molecule has 3 nitrogen and oxygen atoms in total. The highest BCUT2D eigenvalue weighted by atomic mass is 32.2. The zero-order chi connectivity index (χ0) is 13.4. The maximum Gasteiger partial charge on any atom is 0.146 e. The van der Waals surface area contributed by atoms with E-state index in [-0.39, 0.29) is 5.25 Å². The van der Waals surface area contributed by atoms with Crippen LogP contribution in [0.2, 0.25) is 0 Å². The second kappa shape index (κ2) is 5.21. The number of ketones is 1. The van der Waals surface area contributed by atoms with Crippen LogP contribution in [-0.4, -0.2) is 21.0 Å². The number of aromatic nitrogens is 2. The van der Waals surface area contributed by atoms with E-state index >= 15 is 0 Å². The van der Waals surface area contributed by atoms with E-state index in [1.54, 1.807) is 29.4 Å². The molecule has 1 unspecified atom stereocenters. The summed E-state index contributed by atoms with van der Waals surface area (Å²) in [6.07, 6.45) is 5.53. The van der Waals surface area contributed by atoms with Crippen LogP contribution in [0, 0.1) is 13.8 Å². The van der Waals surface area contributed by atoms with Gasteiger partial charge in [0.15, 0.2) is 0 Å². The largest absolute Gasteiger partial charge is 0.298 e. The fourth-order valence-corrected chi connectivity index (χ4v) is 4.79. The Balaban J connectivity index is 1.98. The normalized spacial score (nSPS) is 20.1. The maximum absolute atomic E-state index is 12.0. The summed E-state index contributed by atoms with van der Waals surface area (Å²) in [5.41, 5.74) is 1.26. The van der Waals surface area contributed by atoms with Gasteiger partial charge in [0.2, 0.25) is 0 Å². The third-order valence-electron chi connectivity index (χ3n) is 3.68. The fraction of sp³-hybridized carbons (Fsp3) is 0.500. The Morgan fingerprint density at radius 2 is 2.16 bits per heavy atom. The molecule has 0 amide bonds. The first-order valence-electron chi connectivity index (χ1n) is 6.57. The molecular weight excluding hydrogens is 276 g/mol. The Kier molecular flexibility index (Phi) is 3.58. The van der Waals surface area contributed by atoms with E-state index in [1.165, 1.54) is 10.4 Å². The highest BCUT2D eigenvalue weighted by Gasteiger charge is 2.25. The minimum Gasteiger partial charge on any atom is -0.298 e. The van der Waals surface area contributed by atoms with Crippen LogP contribution in [0.25, 0.3) is 10.2 Å². The molecule has 0 radical (unpaired) electrons. The van der Waals surface area contributed by atoms with Crippen LogP contribution in [0.1, 0.15) is 36.1 Å². The molecule has 0 N–H and O–H groups in total. The van der Waals surface area contributed by atoms with Gasteiger partial charge in [0.1, 0.15) is 22.0 Å². The van der Waals surface area contributed by atoms with Gasteiger partial charge < -0.3 is 0 Å². The Bertz CT molecular complexity index is 636. The van der Waals surface area contributed by atoms with Crippen LogP contribution >= 0.6 is 23.1 Å². The number of carbonyl (C=O) groups excluding carboxylic acids is 1. The Morgan fingerprint density at radius 3 is 2.95 bits per heavy atom. The second-order valence-corrected chi connectivity index (χ2v) is 7.36. The van der Waals surface area contributed by atoms with Gasteiger partial charge in [0.05, 0.1) is 5.25 Å². The molecule has 0 bridgehead atoms. The van der Waals surface area contributed by atoms with Crippen LogP contribution in [0.3, 0.4) is 0 Å². The molecule has 0 saturated heterocycles. The van der Waals surface area contributed by atoms with E-state index in [9.17, 15) is 4.79 Å². The lowest BCUT2D eigenvalue weighted by Crippen LogP contribution is -2.21. The molecule has 0 aliphatic heterocycles. The maximum atomic E-state index is 12.0. The topological polar surface area (TPSA) is 42.9 Å². The Hall–Kier alpha value is -0.940. The van der Waals surface area contributed by atoms with Crippen LogP contribution < -0.4 is 0 Å². The number of aryl methyl sites for hydroxylation is 2. The summed E-state index contributed by atoms with van der Waals surface area (Å²) in [5, 5.41) is 2.21. The van der Waals surface area contributed by atoms with Crippen molar-refractivity contribution in [1.29, 1.82) is 0 Å². The number of carbonyl (C=O) groups is 1. The van der Waals surface area contributed by atoms with E-state index in [4.69, 9.17) is 0 Å². The molecule has 2 aromatic heterocycles. The molecule has 0 spiro atoms. The number of fused-ring (bicyclic) bond motifs is 1. The summed E-state index contributed by atoms with van der Waals surface area (Å²) < 4.78 is 0. The zero-order valence-corrected chi connectivity index (χ0v) is 12.7. The summed E-state index contributed by atoms with van der Waals surface area (Å²) in [4.78, 5) is 23.0. The van der Waals surface area contributed by atoms with Gasteiger partial charge in [-0.05, 0) is 32.3 Å². The van der Waals surface area contributed by atoms with Crippen molar-refractivity contribution in [1.82, 2.24) is 9.97 Å². The highest BCUT2D eigenvalue weighted by Crippen LogP contribution is 2.38. The van der Waals surface area contributed by atoms with Gasteiger partial charge in [-0.3, -0.25) is 4.79 Å². The first-order valence-corrected chi connectivity index (χ1v) is 8.26. The molecular formula is C14H16N2OS2. The first-order chi connectivity index (χ1) is 9.16. The predicted octanol–water partition coefficient (Wildman–Crippen LogP) is 3.91. The van der Waals surface area contributed by atoms with E-state index in [0.717, 1.165) is 40.9 Å². The molecule has 19 heavy (non-hydrogen) atoms. The fourth-order valence-electron chi connectivity index (χ4n) is 2.45. The predicted molar refractivity (Wildman–Crippen MR) is 80.0 cm³/mol. The summed E-state index contributed by atoms with van der Waals surface area (Å²) in [7, 11) is 0. The number of Topliss-reactive ketones (excluding diaryl/α,β-unsaturated/α-hetero) is 1. The third-order valence-corrected chi connectivity index (χ3v) is 6.11. The standard InChI is InChI=1S/C14H16N2OS2/c1-8-9(2)18-13-12(8)14(16-7-15-13)19-11-6-4-3-5-10(11)17/h7,11H,3-6H2,1-2H3. The molecule has 1 aliphatic rings. The quantitative estimate of drug-likeness (QED) is 0.787. The molecule has 100 valence electrons. The van der Waals surface area contributed by atoms with Gasteiger partial charge in [0.25, 0.3) is 0 Å². The van der Waals surface area contributed by atoms with Gasteiger partial charge in [-0.2, -0.15) is 0 Å². The van der Waals surface area contributed by atoms with Gasteiger partial charge in [0, 0.05) is 16.7 Å². The van der Waals surface area contributed by atoms with Gasteiger partial charge in [-0.1, -0.05) is 18.2 Å². The molecule has 1 atom stereocenters. The van der Waals surface area contributed by atoms with Crippen molar-refractivity contribution >= 4 is 39.1 Å². The lowest BCUT2D eigenvalue weighted by molar-refractivity contribution is -0.119. The monoisotopic (exact) mass is 292 g/mol. The van der Waals surface area contributed by atoms with E-state index in [2.05, 4.69) is 23.8 Å². The number of nitrogens with zero attached hydrogens (tertiary/aromatic N) is 2. The van der Waals surface area contributed by atoms with Crippen molar-refractivity contribution in [2.75, 3.05) is 0 Å². The molecule has 5 heteroatoms. The number of thioether (sulfide) groups is 1. The molecule has 3 rings (SSSR count). The van der Waals surface area contributed by atoms with E-state index < -0.39 is 0 Å². The highest BCUT2D eigenvalue weighted by molar-refractivity contribution is 8.00. The van der Waals surface area contributed by atoms with E-state index in [1.807, 2.05) is 0 Å². The average molecular weight is 292 g/mol. The smallest absolute Gasteiger partial charge is 0.146 e. The van der Waals surface area contributed by atoms with E-state index in [0.29, 0.717) is 5.78 Å². The van der Waals surface area contributed by atoms with Gasteiger partial charge in [-0.15, -0.1) is 11.3 Å². The number of rotatable bonds is 2. The van der Waals surface area contributed by atoms with Crippen LogP contribution in [0.4, 0.5) is 0 Å². The number of hydrogen-bond donors (Lipinski definition) is 0. The first kappa shape index (κ1) is 13.1. The van der Waals surface area contributed by atoms with Crippen molar-refractivity contribution in [3.8, 4) is 0 Å². The number of hydrogen-bond acceptors (Lipinski definition) is 5.